The van der Waals surface area contributed by atoms with Crippen LogP contribution < -0.4 is 5.32 Å². The highest BCUT2D eigenvalue weighted by atomic mass is 35.5. The number of nitriles is 1. The van der Waals surface area contributed by atoms with Crippen LogP contribution in [0.15, 0.2) is 48.5 Å². The van der Waals surface area contributed by atoms with Gasteiger partial charge in [-0.2, -0.15) is 5.26 Å². The summed E-state index contributed by atoms with van der Waals surface area (Å²) < 4.78 is 0. The first-order valence-electron chi connectivity index (χ1n) is 8.45. The zero-order chi connectivity index (χ0) is 16.8. The van der Waals surface area contributed by atoms with Gasteiger partial charge in [0, 0.05) is 24.2 Å². The highest BCUT2D eigenvalue weighted by molar-refractivity contribution is 6.30. The third kappa shape index (κ3) is 4.36. The van der Waals surface area contributed by atoms with E-state index in [0.717, 1.165) is 36.8 Å². The summed E-state index contributed by atoms with van der Waals surface area (Å²) in [5.74, 6) is 0. The number of nitrogens with one attached hydrogen (secondary N) is 1. The molecule has 0 aliphatic carbocycles. The third-order valence-electron chi connectivity index (χ3n) is 4.54. The fourth-order valence-electron chi connectivity index (χ4n) is 3.33. The quantitative estimate of drug-likeness (QED) is 0.859. The van der Waals surface area contributed by atoms with Crippen LogP contribution in [-0.4, -0.2) is 24.5 Å². The molecular weight excluding hydrogens is 318 g/mol. The molecule has 124 valence electrons. The second kappa shape index (κ2) is 8.30. The van der Waals surface area contributed by atoms with Crippen molar-refractivity contribution in [2.75, 3.05) is 19.6 Å². The van der Waals surface area contributed by atoms with Crippen molar-refractivity contribution in [2.24, 2.45) is 0 Å². The van der Waals surface area contributed by atoms with Crippen LogP contribution in [-0.2, 0) is 6.54 Å². The molecule has 1 unspecified atom stereocenters. The molecule has 24 heavy (non-hydrogen) atoms. The SMILES string of the molecule is N#Cc1cccc(CNCC(c2cccc(Cl)c2)N2CCCC2)c1. The van der Waals surface area contributed by atoms with Crippen molar-refractivity contribution < 1.29 is 0 Å². The average Bonchev–Trinajstić information content (AvgIpc) is 3.13. The Hall–Kier alpha value is -1.86. The van der Waals surface area contributed by atoms with Gasteiger partial charge in [0.1, 0.15) is 0 Å². The maximum atomic E-state index is 9.00. The van der Waals surface area contributed by atoms with Gasteiger partial charge in [-0.1, -0.05) is 35.9 Å². The van der Waals surface area contributed by atoms with Gasteiger partial charge in [-0.05, 0) is 61.3 Å². The number of hydrogen-bond acceptors (Lipinski definition) is 3. The molecule has 0 saturated carbocycles. The maximum Gasteiger partial charge on any atom is 0.0991 e. The smallest absolute Gasteiger partial charge is 0.0991 e. The van der Waals surface area contributed by atoms with Crippen LogP contribution in [0.4, 0.5) is 0 Å². The van der Waals surface area contributed by atoms with E-state index in [1.54, 1.807) is 0 Å². The molecule has 4 heteroatoms. The maximum absolute atomic E-state index is 9.00. The normalized spacial score (nSPS) is 16.0. The molecule has 2 aromatic carbocycles. The van der Waals surface area contributed by atoms with Crippen LogP contribution in [0.1, 0.15) is 35.6 Å². The standard InChI is InChI=1S/C20H22ClN3/c21-19-8-4-7-18(12-19)20(24-9-1-2-10-24)15-23-14-17-6-3-5-16(11-17)13-22/h3-8,11-12,20,23H,1-2,9-10,14-15H2. The van der Waals surface area contributed by atoms with Crippen LogP contribution in [0, 0.1) is 11.3 Å². The van der Waals surface area contributed by atoms with Crippen LogP contribution in [0.3, 0.4) is 0 Å². The fraction of sp³-hybridized carbons (Fsp3) is 0.350. The van der Waals surface area contributed by atoms with Gasteiger partial charge in [-0.15, -0.1) is 0 Å². The van der Waals surface area contributed by atoms with Crippen LogP contribution in [0.2, 0.25) is 5.02 Å². The molecule has 1 saturated heterocycles. The van der Waals surface area contributed by atoms with Crippen molar-refractivity contribution in [1.29, 1.82) is 5.26 Å². The van der Waals surface area contributed by atoms with E-state index in [4.69, 9.17) is 16.9 Å². The summed E-state index contributed by atoms with van der Waals surface area (Å²) in [5.41, 5.74) is 3.11. The van der Waals surface area contributed by atoms with Crippen LogP contribution in [0.25, 0.3) is 0 Å². The number of rotatable bonds is 6. The second-order valence-corrected chi connectivity index (χ2v) is 6.69. The summed E-state index contributed by atoms with van der Waals surface area (Å²) in [7, 11) is 0. The van der Waals surface area contributed by atoms with E-state index in [2.05, 4.69) is 34.5 Å². The van der Waals surface area contributed by atoms with Gasteiger partial charge in [0.25, 0.3) is 0 Å². The van der Waals surface area contributed by atoms with Crippen molar-refractivity contribution in [3.63, 3.8) is 0 Å². The lowest BCUT2D eigenvalue weighted by Gasteiger charge is -2.28. The van der Waals surface area contributed by atoms with Crippen LogP contribution >= 0.6 is 11.6 Å². The van der Waals surface area contributed by atoms with Crippen molar-refractivity contribution in [3.8, 4) is 6.07 Å². The van der Waals surface area contributed by atoms with Gasteiger partial charge in [0.15, 0.2) is 0 Å². The van der Waals surface area contributed by atoms with Crippen molar-refractivity contribution in [1.82, 2.24) is 10.2 Å². The van der Waals surface area contributed by atoms with E-state index < -0.39 is 0 Å². The molecule has 0 radical (unpaired) electrons. The van der Waals surface area contributed by atoms with E-state index in [0.29, 0.717) is 11.6 Å². The molecule has 0 aromatic heterocycles. The lowest BCUT2D eigenvalue weighted by molar-refractivity contribution is 0.238. The highest BCUT2D eigenvalue weighted by Crippen LogP contribution is 2.26. The second-order valence-electron chi connectivity index (χ2n) is 6.26. The predicted molar refractivity (Wildman–Crippen MR) is 97.9 cm³/mol. The van der Waals surface area contributed by atoms with Gasteiger partial charge in [-0.25, -0.2) is 0 Å². The van der Waals surface area contributed by atoms with Gasteiger partial charge in [0.2, 0.25) is 0 Å². The molecule has 1 aliphatic heterocycles. The van der Waals surface area contributed by atoms with Crippen molar-refractivity contribution >= 4 is 11.6 Å². The van der Waals surface area contributed by atoms with Crippen LogP contribution in [0.5, 0.6) is 0 Å². The molecule has 3 nitrogen and oxygen atoms in total. The molecule has 1 fully saturated rings. The molecule has 3 rings (SSSR count). The highest BCUT2D eigenvalue weighted by Gasteiger charge is 2.23. The number of hydrogen-bond donors (Lipinski definition) is 1. The lowest BCUT2D eigenvalue weighted by Crippen LogP contribution is -2.34. The Labute approximate surface area is 148 Å². The molecule has 1 aliphatic rings. The Morgan fingerprint density at radius 2 is 1.92 bits per heavy atom. The molecule has 0 bridgehead atoms. The third-order valence-corrected chi connectivity index (χ3v) is 4.77. The molecule has 0 spiro atoms. The zero-order valence-electron chi connectivity index (χ0n) is 13.7. The summed E-state index contributed by atoms with van der Waals surface area (Å²) in [6.07, 6.45) is 2.53. The minimum atomic E-state index is 0.338. The summed E-state index contributed by atoms with van der Waals surface area (Å²) >= 11 is 6.19. The Kier molecular flexibility index (Phi) is 5.87. The summed E-state index contributed by atoms with van der Waals surface area (Å²) in [6, 6.07) is 18.5. The number of halogens is 1. The lowest BCUT2D eigenvalue weighted by atomic mass is 10.1. The Bertz CT molecular complexity index is 717. The molecule has 1 heterocycles. The number of nitrogens with zero attached hydrogens (tertiary/aromatic N) is 2. The first-order valence-corrected chi connectivity index (χ1v) is 8.83. The van der Waals surface area contributed by atoms with Gasteiger partial charge >= 0.3 is 0 Å². The van der Waals surface area contributed by atoms with Crippen molar-refractivity contribution in [3.05, 3.63) is 70.2 Å². The van der Waals surface area contributed by atoms with E-state index in [9.17, 15) is 0 Å². The largest absolute Gasteiger partial charge is 0.311 e. The van der Waals surface area contributed by atoms with Crippen molar-refractivity contribution in [2.45, 2.75) is 25.4 Å². The van der Waals surface area contributed by atoms with E-state index in [-0.39, 0.29) is 0 Å². The zero-order valence-corrected chi connectivity index (χ0v) is 14.5. The Morgan fingerprint density at radius 1 is 1.12 bits per heavy atom. The first-order chi connectivity index (χ1) is 11.8. The van der Waals surface area contributed by atoms with E-state index in [1.165, 1.54) is 18.4 Å². The predicted octanol–water partition coefficient (Wildman–Crippen LogP) is 4.14. The monoisotopic (exact) mass is 339 g/mol. The molecule has 0 amide bonds. The Balaban J connectivity index is 1.67. The fourth-order valence-corrected chi connectivity index (χ4v) is 3.53. The molecule has 2 aromatic rings. The summed E-state index contributed by atoms with van der Waals surface area (Å²) in [4.78, 5) is 2.53. The summed E-state index contributed by atoms with van der Waals surface area (Å²) in [6.45, 7) is 3.92. The topological polar surface area (TPSA) is 39.1 Å². The van der Waals surface area contributed by atoms with Gasteiger partial charge < -0.3 is 5.32 Å². The molecule has 1 N–H and O–H groups in total. The summed E-state index contributed by atoms with van der Waals surface area (Å²) in [5, 5.41) is 13.3. The minimum absolute atomic E-state index is 0.338. The average molecular weight is 340 g/mol. The number of likely N-dealkylation sites (tertiary alicyclic amines) is 1. The first kappa shape index (κ1) is 17.0. The van der Waals surface area contributed by atoms with E-state index in [1.807, 2.05) is 30.3 Å². The number of benzene rings is 2. The Morgan fingerprint density at radius 3 is 2.67 bits per heavy atom. The molecule has 1 atom stereocenters. The minimum Gasteiger partial charge on any atom is -0.311 e. The molecular formula is C20H22ClN3. The van der Waals surface area contributed by atoms with Gasteiger partial charge in [0.05, 0.1) is 11.6 Å². The van der Waals surface area contributed by atoms with E-state index >= 15 is 0 Å². The van der Waals surface area contributed by atoms with Gasteiger partial charge in [-0.3, -0.25) is 4.90 Å².